The van der Waals surface area contributed by atoms with Crippen molar-refractivity contribution >= 4 is 49.6 Å². The lowest BCUT2D eigenvalue weighted by atomic mass is 9.86. The number of rotatable bonds is 9. The van der Waals surface area contributed by atoms with Crippen LogP contribution >= 0.6 is 22.7 Å². The summed E-state index contributed by atoms with van der Waals surface area (Å²) in [5.74, 6) is 0.273. The van der Waals surface area contributed by atoms with Crippen molar-refractivity contribution in [3.05, 3.63) is 34.9 Å². The van der Waals surface area contributed by atoms with Crippen LogP contribution in [-0.2, 0) is 14.8 Å². The molecule has 0 unspecified atom stereocenters. The molecule has 2 heterocycles. The molecule has 194 valence electrons. The molecule has 13 heteroatoms. The third-order valence-corrected chi connectivity index (χ3v) is 9.13. The van der Waals surface area contributed by atoms with Crippen molar-refractivity contribution < 1.29 is 17.9 Å². The van der Waals surface area contributed by atoms with Gasteiger partial charge in [0.25, 0.3) is 0 Å². The Bertz CT molecular complexity index is 1270. The summed E-state index contributed by atoms with van der Waals surface area (Å²) < 4.78 is 33.9. The fourth-order valence-corrected chi connectivity index (χ4v) is 7.09. The highest BCUT2D eigenvalue weighted by Gasteiger charge is 2.27. The average Bonchev–Trinajstić information content (AvgIpc) is 3.51. The minimum Gasteiger partial charge on any atom is -0.447 e. The number of thiazole rings is 1. The average molecular weight is 551 g/mol. The molecule has 1 fully saturated rings. The summed E-state index contributed by atoms with van der Waals surface area (Å²) >= 11 is 2.85. The smallest absolute Gasteiger partial charge is 0.407 e. The standard InChI is InChI=1S/C23H30N6O4S3/c1-4-26-36(31,32)20-11-17(27-22-29-25-13-34-22)9-10-18(20)19-12-24-21(35-19)15-5-7-16(8-6-15)28-23(30)33-14(2)3/h9-16,26H,4-8H2,1-3H3,(H,27,29)(H,28,30)/t15-,16-. The van der Waals surface area contributed by atoms with Crippen LogP contribution in [0.1, 0.15) is 57.4 Å². The first-order valence-corrected chi connectivity index (χ1v) is 15.0. The van der Waals surface area contributed by atoms with Crippen LogP contribution in [0.15, 0.2) is 34.8 Å². The fourth-order valence-electron chi connectivity index (χ4n) is 4.15. The number of alkyl carbamates (subject to hydrolysis) is 1. The topological polar surface area (TPSA) is 135 Å². The molecule has 36 heavy (non-hydrogen) atoms. The van der Waals surface area contributed by atoms with E-state index in [1.54, 1.807) is 30.8 Å². The van der Waals surface area contributed by atoms with Gasteiger partial charge in [-0.2, -0.15) is 0 Å². The molecule has 0 atom stereocenters. The van der Waals surface area contributed by atoms with Gasteiger partial charge in [0.2, 0.25) is 15.2 Å². The molecular formula is C23H30N6O4S3. The fraction of sp³-hybridized carbons (Fsp3) is 0.478. The number of amides is 1. The Kier molecular flexibility index (Phi) is 8.54. The van der Waals surface area contributed by atoms with E-state index in [9.17, 15) is 13.2 Å². The highest BCUT2D eigenvalue weighted by molar-refractivity contribution is 7.89. The van der Waals surface area contributed by atoms with Crippen molar-refractivity contribution in [3.8, 4) is 10.4 Å². The maximum Gasteiger partial charge on any atom is 0.407 e. The summed E-state index contributed by atoms with van der Waals surface area (Å²) in [6.45, 7) is 5.69. The zero-order valence-corrected chi connectivity index (χ0v) is 22.8. The molecule has 1 saturated carbocycles. The largest absolute Gasteiger partial charge is 0.447 e. The molecule has 4 rings (SSSR count). The predicted molar refractivity (Wildman–Crippen MR) is 141 cm³/mol. The molecule has 0 radical (unpaired) electrons. The molecule has 3 aromatic rings. The molecule has 0 aliphatic heterocycles. The lowest BCUT2D eigenvalue weighted by molar-refractivity contribution is 0.109. The maximum atomic E-state index is 13.1. The van der Waals surface area contributed by atoms with E-state index in [-0.39, 0.29) is 35.6 Å². The summed E-state index contributed by atoms with van der Waals surface area (Å²) in [7, 11) is -3.73. The number of nitrogens with zero attached hydrogens (tertiary/aromatic N) is 3. The van der Waals surface area contributed by atoms with E-state index in [1.807, 2.05) is 19.9 Å². The molecule has 0 spiro atoms. The van der Waals surface area contributed by atoms with Gasteiger partial charge in [0.05, 0.1) is 20.9 Å². The van der Waals surface area contributed by atoms with Crippen LogP contribution in [0.2, 0.25) is 0 Å². The number of carbonyl (C=O) groups excluding carboxylic acids is 1. The number of hydrogen-bond acceptors (Lipinski definition) is 10. The van der Waals surface area contributed by atoms with Crippen molar-refractivity contribution in [3.63, 3.8) is 0 Å². The van der Waals surface area contributed by atoms with Gasteiger partial charge in [-0.3, -0.25) is 0 Å². The zero-order valence-electron chi connectivity index (χ0n) is 20.4. The van der Waals surface area contributed by atoms with Crippen LogP contribution in [0.5, 0.6) is 0 Å². The van der Waals surface area contributed by atoms with Gasteiger partial charge in [0.15, 0.2) is 0 Å². The van der Waals surface area contributed by atoms with E-state index in [1.165, 1.54) is 22.7 Å². The Balaban J connectivity index is 1.51. The van der Waals surface area contributed by atoms with Gasteiger partial charge >= 0.3 is 6.09 Å². The predicted octanol–water partition coefficient (Wildman–Crippen LogP) is 4.86. The molecule has 0 saturated heterocycles. The Hall–Kier alpha value is -2.61. The normalized spacial score (nSPS) is 18.2. The molecule has 0 bridgehead atoms. The molecule has 1 aliphatic rings. The quantitative estimate of drug-likeness (QED) is 0.344. The Morgan fingerprint density at radius 2 is 2.00 bits per heavy atom. The third kappa shape index (κ3) is 6.58. The summed E-state index contributed by atoms with van der Waals surface area (Å²) in [6, 6.07) is 5.33. The first kappa shape index (κ1) is 26.5. The number of nitrogens with one attached hydrogen (secondary N) is 3. The van der Waals surface area contributed by atoms with E-state index >= 15 is 0 Å². The van der Waals surface area contributed by atoms with Crippen molar-refractivity contribution in [1.82, 2.24) is 25.2 Å². The van der Waals surface area contributed by atoms with Gasteiger partial charge in [-0.1, -0.05) is 24.3 Å². The molecular weight excluding hydrogens is 520 g/mol. The van der Waals surface area contributed by atoms with Crippen LogP contribution in [0.25, 0.3) is 10.4 Å². The number of carbonyl (C=O) groups is 1. The van der Waals surface area contributed by atoms with Gasteiger partial charge in [-0.25, -0.2) is 22.9 Å². The zero-order chi connectivity index (χ0) is 25.7. The van der Waals surface area contributed by atoms with Gasteiger partial charge in [-0.15, -0.1) is 21.5 Å². The molecule has 1 aromatic carbocycles. The van der Waals surface area contributed by atoms with E-state index in [0.29, 0.717) is 16.4 Å². The van der Waals surface area contributed by atoms with Crippen molar-refractivity contribution in [1.29, 1.82) is 0 Å². The van der Waals surface area contributed by atoms with E-state index in [2.05, 4.69) is 30.5 Å². The molecule has 1 amide bonds. The number of hydrogen-bond donors (Lipinski definition) is 3. The Labute approximate surface area is 219 Å². The van der Waals surface area contributed by atoms with Gasteiger partial charge < -0.3 is 15.4 Å². The number of aromatic nitrogens is 3. The van der Waals surface area contributed by atoms with Crippen LogP contribution in [-0.4, -0.2) is 48.4 Å². The lowest BCUT2D eigenvalue weighted by Gasteiger charge is -2.28. The van der Waals surface area contributed by atoms with Crippen LogP contribution in [0.4, 0.5) is 15.6 Å². The summed E-state index contributed by atoms with van der Waals surface area (Å²) in [5.41, 5.74) is 2.82. The first-order chi connectivity index (χ1) is 17.2. The van der Waals surface area contributed by atoms with Crippen LogP contribution < -0.4 is 15.4 Å². The maximum absolute atomic E-state index is 13.1. The third-order valence-electron chi connectivity index (χ3n) is 5.75. The minimum absolute atomic E-state index is 0.0943. The second kappa shape index (κ2) is 11.6. The van der Waals surface area contributed by atoms with E-state index in [0.717, 1.165) is 35.6 Å². The highest BCUT2D eigenvalue weighted by Crippen LogP contribution is 2.40. The molecule has 3 N–H and O–H groups in total. The SMILES string of the molecule is CCNS(=O)(=O)c1cc(Nc2nncs2)ccc1-c1cnc([C@H]2CC[C@H](NC(=O)OC(C)C)CC2)s1. The summed E-state index contributed by atoms with van der Waals surface area (Å²) in [5, 5.41) is 15.4. The monoisotopic (exact) mass is 550 g/mol. The second-order valence-electron chi connectivity index (χ2n) is 8.79. The molecule has 2 aromatic heterocycles. The van der Waals surface area contributed by atoms with Gasteiger partial charge in [-0.05, 0) is 51.7 Å². The molecule has 1 aliphatic carbocycles. The minimum atomic E-state index is -3.73. The Morgan fingerprint density at radius 1 is 1.22 bits per heavy atom. The number of ether oxygens (including phenoxy) is 1. The summed E-state index contributed by atoms with van der Waals surface area (Å²) in [6.07, 6.45) is 4.72. The first-order valence-electron chi connectivity index (χ1n) is 11.8. The second-order valence-corrected chi connectivity index (χ2v) is 12.4. The van der Waals surface area contributed by atoms with E-state index in [4.69, 9.17) is 4.74 Å². The van der Waals surface area contributed by atoms with Crippen molar-refractivity contribution in [2.24, 2.45) is 0 Å². The lowest BCUT2D eigenvalue weighted by Crippen LogP contribution is -2.38. The van der Waals surface area contributed by atoms with Gasteiger partial charge in [0, 0.05) is 36.0 Å². The highest BCUT2D eigenvalue weighted by atomic mass is 32.2. The van der Waals surface area contributed by atoms with E-state index < -0.39 is 10.0 Å². The number of anilines is 2. The van der Waals surface area contributed by atoms with Crippen molar-refractivity contribution in [2.45, 2.75) is 69.4 Å². The number of benzene rings is 1. The van der Waals surface area contributed by atoms with Gasteiger partial charge in [0.1, 0.15) is 5.51 Å². The van der Waals surface area contributed by atoms with Crippen LogP contribution in [0.3, 0.4) is 0 Å². The summed E-state index contributed by atoms with van der Waals surface area (Å²) in [4.78, 5) is 17.5. The van der Waals surface area contributed by atoms with Crippen LogP contribution in [0, 0.1) is 0 Å². The Morgan fingerprint density at radius 3 is 2.67 bits per heavy atom. The molecule has 10 nitrogen and oxygen atoms in total. The van der Waals surface area contributed by atoms with Crippen molar-refractivity contribution in [2.75, 3.05) is 11.9 Å². The number of sulfonamides is 1.